The topological polar surface area (TPSA) is 32.3 Å². The fraction of sp³-hybridized carbons (Fsp3) is 0.500. The highest BCUT2D eigenvalue weighted by Gasteiger charge is 2.43. The van der Waals surface area contributed by atoms with Crippen LogP contribution in [0.5, 0.6) is 0 Å². The van der Waals surface area contributed by atoms with Crippen LogP contribution >= 0.6 is 0 Å². The number of hydrogen-bond acceptors (Lipinski definition) is 3. The van der Waals surface area contributed by atoms with E-state index in [0.717, 1.165) is 17.7 Å². The number of hydrazine groups is 1. The van der Waals surface area contributed by atoms with Gasteiger partial charge in [0.15, 0.2) is 5.78 Å². The minimum Gasteiger partial charge on any atom is -0.294 e. The molecule has 1 aliphatic heterocycles. The lowest BCUT2D eigenvalue weighted by molar-refractivity contribution is -0.118. The summed E-state index contributed by atoms with van der Waals surface area (Å²) in [5, 5.41) is 2.14. The third kappa shape index (κ3) is 2.51. The van der Waals surface area contributed by atoms with Crippen LogP contribution in [0.4, 0.5) is 5.69 Å². The first-order valence-electron chi connectivity index (χ1n) is 7.77. The van der Waals surface area contributed by atoms with Gasteiger partial charge in [0.2, 0.25) is 0 Å². The molecule has 0 fully saturated rings. The number of anilines is 1. The minimum atomic E-state index is 0.0382. The normalized spacial score (nSPS) is 24.7. The minimum absolute atomic E-state index is 0.0382. The SMILES string of the molecule is CC(C)C1NN(c2ccccc2)C2=C1C(=O)CC(C)(C)C2. The second kappa shape index (κ2) is 4.99. The summed E-state index contributed by atoms with van der Waals surface area (Å²) in [5.41, 5.74) is 6.88. The van der Waals surface area contributed by atoms with Crippen molar-refractivity contribution in [3.8, 4) is 0 Å². The average molecular weight is 284 g/mol. The maximum absolute atomic E-state index is 12.7. The molecule has 1 unspecified atom stereocenters. The molecule has 1 aromatic rings. The summed E-state index contributed by atoms with van der Waals surface area (Å²) in [6.45, 7) is 8.70. The molecule has 0 radical (unpaired) electrons. The van der Waals surface area contributed by atoms with E-state index < -0.39 is 0 Å². The molecule has 0 bridgehead atoms. The van der Waals surface area contributed by atoms with Crippen LogP contribution in [0.25, 0.3) is 0 Å². The fourth-order valence-electron chi connectivity index (χ4n) is 3.43. The van der Waals surface area contributed by atoms with E-state index in [0.29, 0.717) is 18.1 Å². The van der Waals surface area contributed by atoms with Gasteiger partial charge in [0, 0.05) is 17.7 Å². The van der Waals surface area contributed by atoms with Crippen LogP contribution in [0, 0.1) is 11.3 Å². The zero-order chi connectivity index (χ0) is 15.2. The van der Waals surface area contributed by atoms with Crippen molar-refractivity contribution in [1.82, 2.24) is 5.43 Å². The van der Waals surface area contributed by atoms with Gasteiger partial charge in [0.25, 0.3) is 0 Å². The van der Waals surface area contributed by atoms with Crippen molar-refractivity contribution in [2.24, 2.45) is 11.3 Å². The van der Waals surface area contributed by atoms with Crippen molar-refractivity contribution in [3.63, 3.8) is 0 Å². The number of hydrogen-bond donors (Lipinski definition) is 1. The lowest BCUT2D eigenvalue weighted by atomic mass is 9.74. The Morgan fingerprint density at radius 2 is 1.86 bits per heavy atom. The highest BCUT2D eigenvalue weighted by molar-refractivity contribution is 6.00. The molecule has 112 valence electrons. The fourth-order valence-corrected chi connectivity index (χ4v) is 3.43. The molecular formula is C18H24N2O. The number of rotatable bonds is 2. The molecule has 1 heterocycles. The number of carbonyl (C=O) groups is 1. The Hall–Kier alpha value is -1.61. The maximum Gasteiger partial charge on any atom is 0.162 e. The zero-order valence-corrected chi connectivity index (χ0v) is 13.3. The molecule has 1 N–H and O–H groups in total. The van der Waals surface area contributed by atoms with Crippen LogP contribution in [-0.2, 0) is 4.79 Å². The lowest BCUT2D eigenvalue weighted by Crippen LogP contribution is -2.40. The van der Waals surface area contributed by atoms with Gasteiger partial charge >= 0.3 is 0 Å². The van der Waals surface area contributed by atoms with Crippen molar-refractivity contribution in [3.05, 3.63) is 41.6 Å². The predicted octanol–water partition coefficient (Wildman–Crippen LogP) is 3.68. The molecule has 3 heteroatoms. The third-order valence-corrected chi connectivity index (χ3v) is 4.43. The number of ketones is 1. The molecule has 3 rings (SSSR count). The van der Waals surface area contributed by atoms with E-state index in [1.807, 2.05) is 18.2 Å². The molecule has 0 amide bonds. The lowest BCUT2D eigenvalue weighted by Gasteiger charge is -2.33. The molecule has 0 aromatic heterocycles. The van der Waals surface area contributed by atoms with E-state index >= 15 is 0 Å². The van der Waals surface area contributed by atoms with Gasteiger partial charge in [0.05, 0.1) is 11.7 Å². The number of benzene rings is 1. The van der Waals surface area contributed by atoms with E-state index in [4.69, 9.17) is 0 Å². The van der Waals surface area contributed by atoms with Crippen LogP contribution in [0.2, 0.25) is 0 Å². The summed E-state index contributed by atoms with van der Waals surface area (Å²) >= 11 is 0. The van der Waals surface area contributed by atoms with Crippen LogP contribution in [-0.4, -0.2) is 11.8 Å². The molecule has 0 saturated heterocycles. The van der Waals surface area contributed by atoms with Gasteiger partial charge < -0.3 is 0 Å². The van der Waals surface area contributed by atoms with E-state index in [2.05, 4.69) is 50.3 Å². The standard InChI is InChI=1S/C18H24N2O/c1-12(2)17-16-14(10-18(3,4)11-15(16)21)20(19-17)13-8-6-5-7-9-13/h5-9,12,17,19H,10-11H2,1-4H3. The highest BCUT2D eigenvalue weighted by atomic mass is 16.1. The van der Waals surface area contributed by atoms with Gasteiger partial charge in [-0.05, 0) is 29.9 Å². The number of para-hydroxylation sites is 1. The van der Waals surface area contributed by atoms with Crippen molar-refractivity contribution in [1.29, 1.82) is 0 Å². The van der Waals surface area contributed by atoms with Crippen molar-refractivity contribution < 1.29 is 4.79 Å². The van der Waals surface area contributed by atoms with Crippen LogP contribution in [0.3, 0.4) is 0 Å². The van der Waals surface area contributed by atoms with Crippen molar-refractivity contribution in [2.45, 2.75) is 46.6 Å². The second-order valence-corrected chi connectivity index (χ2v) is 7.32. The number of allylic oxidation sites excluding steroid dienone is 1. The molecule has 1 aromatic carbocycles. The third-order valence-electron chi connectivity index (χ3n) is 4.43. The van der Waals surface area contributed by atoms with E-state index in [1.54, 1.807) is 0 Å². The van der Waals surface area contributed by atoms with Crippen LogP contribution in [0.15, 0.2) is 41.6 Å². The molecule has 2 aliphatic rings. The maximum atomic E-state index is 12.7. The van der Waals surface area contributed by atoms with Gasteiger partial charge in [-0.1, -0.05) is 45.9 Å². The Labute approximate surface area is 127 Å². The summed E-state index contributed by atoms with van der Waals surface area (Å²) < 4.78 is 0. The van der Waals surface area contributed by atoms with Gasteiger partial charge in [-0.25, -0.2) is 5.43 Å². The number of carbonyl (C=O) groups excluding carboxylic acids is 1. The zero-order valence-electron chi connectivity index (χ0n) is 13.3. The summed E-state index contributed by atoms with van der Waals surface area (Å²) in [4.78, 5) is 12.7. The number of Topliss-reactive ketones (excluding diaryl/α,β-unsaturated/α-hetero) is 1. The predicted molar refractivity (Wildman–Crippen MR) is 85.7 cm³/mol. The van der Waals surface area contributed by atoms with Gasteiger partial charge in [-0.2, -0.15) is 0 Å². The van der Waals surface area contributed by atoms with Gasteiger partial charge in [0.1, 0.15) is 0 Å². The summed E-state index contributed by atoms with van der Waals surface area (Å²) in [6, 6.07) is 10.4. The van der Waals surface area contributed by atoms with Gasteiger partial charge in [-0.3, -0.25) is 9.80 Å². The Morgan fingerprint density at radius 1 is 1.19 bits per heavy atom. The van der Waals surface area contributed by atoms with Crippen LogP contribution in [0.1, 0.15) is 40.5 Å². The highest BCUT2D eigenvalue weighted by Crippen LogP contribution is 2.43. The molecule has 0 spiro atoms. The quantitative estimate of drug-likeness (QED) is 0.899. The Bertz CT molecular complexity index is 586. The Balaban J connectivity index is 2.06. The largest absolute Gasteiger partial charge is 0.294 e. The molecule has 21 heavy (non-hydrogen) atoms. The first-order valence-corrected chi connectivity index (χ1v) is 7.77. The summed E-state index contributed by atoms with van der Waals surface area (Å²) in [7, 11) is 0. The van der Waals surface area contributed by atoms with Crippen molar-refractivity contribution >= 4 is 11.5 Å². The molecule has 1 aliphatic carbocycles. The number of nitrogens with zero attached hydrogens (tertiary/aromatic N) is 1. The van der Waals surface area contributed by atoms with E-state index in [9.17, 15) is 4.79 Å². The first kappa shape index (κ1) is 14.3. The van der Waals surface area contributed by atoms with Crippen molar-refractivity contribution in [2.75, 3.05) is 5.01 Å². The van der Waals surface area contributed by atoms with E-state index in [-0.39, 0.29) is 11.5 Å². The van der Waals surface area contributed by atoms with E-state index in [1.165, 1.54) is 5.70 Å². The van der Waals surface area contributed by atoms with Crippen LogP contribution < -0.4 is 10.4 Å². The summed E-state index contributed by atoms with van der Waals surface area (Å²) in [5.74, 6) is 0.708. The second-order valence-electron chi connectivity index (χ2n) is 7.32. The Morgan fingerprint density at radius 3 is 2.48 bits per heavy atom. The average Bonchev–Trinajstić information content (AvgIpc) is 2.78. The molecule has 3 nitrogen and oxygen atoms in total. The smallest absolute Gasteiger partial charge is 0.162 e. The molecule has 1 atom stereocenters. The monoisotopic (exact) mass is 284 g/mol. The first-order chi connectivity index (χ1) is 9.89. The van der Waals surface area contributed by atoms with Gasteiger partial charge in [-0.15, -0.1) is 0 Å². The number of nitrogens with one attached hydrogen (secondary N) is 1. The molecule has 0 saturated carbocycles. The molecular weight excluding hydrogens is 260 g/mol. The Kier molecular flexibility index (Phi) is 3.40. The summed E-state index contributed by atoms with van der Waals surface area (Å²) in [6.07, 6.45) is 1.60.